The number of hydrogen-bond donors (Lipinski definition) is 0. The molecule has 0 atom stereocenters. The van der Waals surface area contributed by atoms with Crippen molar-refractivity contribution in [3.8, 4) is 16.9 Å². The van der Waals surface area contributed by atoms with Crippen LogP contribution in [-0.4, -0.2) is 13.4 Å². The largest absolute Gasteiger partial charge is 0.497 e. The van der Waals surface area contributed by atoms with Crippen LogP contribution in [0.5, 0.6) is 5.75 Å². The fraction of sp³-hybridized carbons (Fsp3) is 0.0714. The summed E-state index contributed by atoms with van der Waals surface area (Å²) in [6, 6.07) is 11.3. The number of methoxy groups -OCH3 is 1. The molecule has 0 aliphatic carbocycles. The lowest BCUT2D eigenvalue weighted by Crippen LogP contribution is -1.92. The molecule has 17 heavy (non-hydrogen) atoms. The zero-order valence-corrected chi connectivity index (χ0v) is 9.31. The molecule has 2 nitrogen and oxygen atoms in total. The van der Waals surface area contributed by atoms with E-state index in [9.17, 15) is 9.18 Å². The molecule has 86 valence electrons. The van der Waals surface area contributed by atoms with E-state index in [0.717, 1.165) is 0 Å². The van der Waals surface area contributed by atoms with E-state index < -0.39 is 0 Å². The van der Waals surface area contributed by atoms with Gasteiger partial charge in [0.05, 0.1) is 7.11 Å². The van der Waals surface area contributed by atoms with Crippen molar-refractivity contribution >= 4 is 6.29 Å². The normalized spacial score (nSPS) is 10.0. The molecule has 0 heterocycles. The van der Waals surface area contributed by atoms with Crippen molar-refractivity contribution in [2.45, 2.75) is 0 Å². The Bertz CT molecular complexity index is 550. The summed E-state index contributed by atoms with van der Waals surface area (Å²) in [4.78, 5) is 10.9. The molecule has 0 amide bonds. The van der Waals surface area contributed by atoms with Gasteiger partial charge in [0.2, 0.25) is 0 Å². The van der Waals surface area contributed by atoms with Gasteiger partial charge in [0.25, 0.3) is 0 Å². The Labute approximate surface area is 98.7 Å². The molecule has 2 rings (SSSR count). The first-order valence-electron chi connectivity index (χ1n) is 5.14. The molecular weight excluding hydrogens is 219 g/mol. The fourth-order valence-corrected chi connectivity index (χ4v) is 1.68. The number of rotatable bonds is 3. The number of aldehydes is 1. The molecule has 0 aliphatic rings. The summed E-state index contributed by atoms with van der Waals surface area (Å²) in [6.45, 7) is 0. The molecule has 0 radical (unpaired) electrons. The highest BCUT2D eigenvalue weighted by atomic mass is 19.1. The van der Waals surface area contributed by atoms with Gasteiger partial charge in [-0.2, -0.15) is 0 Å². The average Bonchev–Trinajstić information content (AvgIpc) is 2.39. The van der Waals surface area contributed by atoms with Gasteiger partial charge >= 0.3 is 0 Å². The summed E-state index contributed by atoms with van der Waals surface area (Å²) in [5.41, 5.74) is 1.39. The summed E-state index contributed by atoms with van der Waals surface area (Å²) in [7, 11) is 1.52. The predicted molar refractivity (Wildman–Crippen MR) is 63.8 cm³/mol. The van der Waals surface area contributed by atoms with E-state index in [1.165, 1.54) is 13.2 Å². The van der Waals surface area contributed by atoms with Crippen molar-refractivity contribution in [2.75, 3.05) is 7.11 Å². The van der Waals surface area contributed by atoms with Crippen LogP contribution in [0.15, 0.2) is 42.5 Å². The molecule has 0 saturated heterocycles. The zero-order chi connectivity index (χ0) is 12.3. The van der Waals surface area contributed by atoms with Crippen LogP contribution in [0.25, 0.3) is 11.1 Å². The molecule has 0 fully saturated rings. The summed E-state index contributed by atoms with van der Waals surface area (Å²) >= 11 is 0. The van der Waals surface area contributed by atoms with E-state index in [0.29, 0.717) is 28.7 Å². The standard InChI is InChI=1S/C14H11FO2/c1-17-11-6-7-14(15)13(8-11)12-5-3-2-4-10(12)9-16/h2-9H,1H3. The van der Waals surface area contributed by atoms with Gasteiger partial charge < -0.3 is 4.74 Å². The number of carbonyl (C=O) groups excluding carboxylic acids is 1. The number of ether oxygens (including phenoxy) is 1. The Hall–Kier alpha value is -2.16. The first-order chi connectivity index (χ1) is 8.26. The van der Waals surface area contributed by atoms with E-state index in [1.807, 2.05) is 0 Å². The van der Waals surface area contributed by atoms with Gasteiger partial charge in [0.15, 0.2) is 6.29 Å². The van der Waals surface area contributed by atoms with Crippen LogP contribution in [0.4, 0.5) is 4.39 Å². The smallest absolute Gasteiger partial charge is 0.150 e. The highest BCUT2D eigenvalue weighted by Crippen LogP contribution is 2.28. The lowest BCUT2D eigenvalue weighted by atomic mass is 10.00. The topological polar surface area (TPSA) is 26.3 Å². The van der Waals surface area contributed by atoms with Crippen molar-refractivity contribution < 1.29 is 13.9 Å². The minimum absolute atomic E-state index is 0.368. The SMILES string of the molecule is COc1ccc(F)c(-c2ccccc2C=O)c1. The summed E-state index contributed by atoms with van der Waals surface area (Å²) < 4.78 is 18.8. The van der Waals surface area contributed by atoms with Gasteiger partial charge in [-0.1, -0.05) is 24.3 Å². The quantitative estimate of drug-likeness (QED) is 0.756. The average molecular weight is 230 g/mol. The lowest BCUT2D eigenvalue weighted by molar-refractivity contribution is 0.112. The van der Waals surface area contributed by atoms with Crippen molar-refractivity contribution in [3.05, 3.63) is 53.8 Å². The summed E-state index contributed by atoms with van der Waals surface area (Å²) in [5, 5.41) is 0. The van der Waals surface area contributed by atoms with Gasteiger partial charge in [-0.15, -0.1) is 0 Å². The fourth-order valence-electron chi connectivity index (χ4n) is 1.68. The lowest BCUT2D eigenvalue weighted by Gasteiger charge is -2.08. The van der Waals surface area contributed by atoms with Crippen LogP contribution in [0.3, 0.4) is 0 Å². The van der Waals surface area contributed by atoms with Crippen molar-refractivity contribution in [2.24, 2.45) is 0 Å². The maximum absolute atomic E-state index is 13.7. The molecule has 0 spiro atoms. The van der Waals surface area contributed by atoms with Gasteiger partial charge in [0.1, 0.15) is 11.6 Å². The first kappa shape index (κ1) is 11.3. The Morgan fingerprint density at radius 1 is 1.12 bits per heavy atom. The Balaban J connectivity index is 2.62. The van der Waals surface area contributed by atoms with Crippen LogP contribution < -0.4 is 4.74 Å². The third-order valence-corrected chi connectivity index (χ3v) is 2.55. The number of halogens is 1. The minimum atomic E-state index is -0.375. The van der Waals surface area contributed by atoms with Gasteiger partial charge in [0, 0.05) is 11.1 Å². The minimum Gasteiger partial charge on any atom is -0.497 e. The second-order valence-electron chi connectivity index (χ2n) is 3.55. The van der Waals surface area contributed by atoms with E-state index in [-0.39, 0.29) is 5.82 Å². The zero-order valence-electron chi connectivity index (χ0n) is 9.31. The van der Waals surface area contributed by atoms with Crippen molar-refractivity contribution in [3.63, 3.8) is 0 Å². The molecule has 0 saturated carbocycles. The molecule has 0 N–H and O–H groups in total. The molecular formula is C14H11FO2. The van der Waals surface area contributed by atoms with Crippen molar-refractivity contribution in [1.82, 2.24) is 0 Å². The predicted octanol–water partition coefficient (Wildman–Crippen LogP) is 3.31. The van der Waals surface area contributed by atoms with E-state index >= 15 is 0 Å². The van der Waals surface area contributed by atoms with E-state index in [4.69, 9.17) is 4.74 Å². The first-order valence-corrected chi connectivity index (χ1v) is 5.14. The molecule has 2 aromatic carbocycles. The second kappa shape index (κ2) is 4.78. The maximum Gasteiger partial charge on any atom is 0.150 e. The second-order valence-corrected chi connectivity index (χ2v) is 3.55. The van der Waals surface area contributed by atoms with Crippen LogP contribution in [0, 0.1) is 5.82 Å². The van der Waals surface area contributed by atoms with Gasteiger partial charge in [-0.05, 0) is 23.8 Å². The number of hydrogen-bond acceptors (Lipinski definition) is 2. The molecule has 2 aromatic rings. The molecule has 0 aromatic heterocycles. The third kappa shape index (κ3) is 2.18. The number of benzene rings is 2. The molecule has 0 aliphatic heterocycles. The maximum atomic E-state index is 13.7. The highest BCUT2D eigenvalue weighted by molar-refractivity contribution is 5.87. The molecule has 0 bridgehead atoms. The van der Waals surface area contributed by atoms with Crippen molar-refractivity contribution in [1.29, 1.82) is 0 Å². The molecule has 3 heteroatoms. The monoisotopic (exact) mass is 230 g/mol. The van der Waals surface area contributed by atoms with E-state index in [1.54, 1.807) is 36.4 Å². The Morgan fingerprint density at radius 2 is 1.88 bits per heavy atom. The van der Waals surface area contributed by atoms with Crippen LogP contribution in [-0.2, 0) is 0 Å². The van der Waals surface area contributed by atoms with Gasteiger partial charge in [-0.25, -0.2) is 4.39 Å². The third-order valence-electron chi connectivity index (χ3n) is 2.55. The number of carbonyl (C=O) groups is 1. The summed E-state index contributed by atoms with van der Waals surface area (Å²) in [6.07, 6.45) is 0.717. The van der Waals surface area contributed by atoms with Crippen LogP contribution >= 0.6 is 0 Å². The highest BCUT2D eigenvalue weighted by Gasteiger charge is 2.10. The Kier molecular flexibility index (Phi) is 3.19. The van der Waals surface area contributed by atoms with Crippen LogP contribution in [0.2, 0.25) is 0 Å². The van der Waals surface area contributed by atoms with Crippen LogP contribution in [0.1, 0.15) is 10.4 Å². The van der Waals surface area contributed by atoms with E-state index in [2.05, 4.69) is 0 Å². The summed E-state index contributed by atoms with van der Waals surface area (Å²) in [5.74, 6) is 0.183. The van der Waals surface area contributed by atoms with Gasteiger partial charge in [-0.3, -0.25) is 4.79 Å². The molecule has 0 unspecified atom stereocenters. The Morgan fingerprint density at radius 3 is 2.59 bits per heavy atom.